The molecule has 216 valence electrons. The number of alkyl halides is 3. The van der Waals surface area contributed by atoms with Gasteiger partial charge in [-0.15, -0.1) is 0 Å². The number of carbonyl (C=O) groups is 1. The fourth-order valence-corrected chi connectivity index (χ4v) is 5.95. The zero-order valence-electron chi connectivity index (χ0n) is 21.2. The smallest absolute Gasteiger partial charge is 0.390 e. The first-order chi connectivity index (χ1) is 18.7. The van der Waals surface area contributed by atoms with Crippen molar-refractivity contribution in [2.75, 3.05) is 5.75 Å². The highest BCUT2D eigenvalue weighted by molar-refractivity contribution is 7.87. The van der Waals surface area contributed by atoms with Crippen LogP contribution in [0, 0.1) is 6.92 Å². The van der Waals surface area contributed by atoms with Crippen molar-refractivity contribution in [1.82, 2.24) is 15.1 Å². The number of benzene rings is 2. The Morgan fingerprint density at radius 2 is 1.82 bits per heavy atom. The van der Waals surface area contributed by atoms with Gasteiger partial charge in [-0.25, -0.2) is 4.68 Å². The molecule has 4 rings (SSSR count). The summed E-state index contributed by atoms with van der Waals surface area (Å²) in [6, 6.07) is 9.89. The molecule has 0 saturated heterocycles. The van der Waals surface area contributed by atoms with E-state index in [-0.39, 0.29) is 16.5 Å². The second kappa shape index (κ2) is 12.0. The zero-order chi connectivity index (χ0) is 29.2. The lowest BCUT2D eigenvalue weighted by Crippen LogP contribution is -2.45. The van der Waals surface area contributed by atoms with Crippen LogP contribution in [0.15, 0.2) is 42.5 Å². The second-order valence-electron chi connectivity index (χ2n) is 9.50. The summed E-state index contributed by atoms with van der Waals surface area (Å²) in [6.07, 6.45) is -3.86. The molecule has 1 amide bonds. The Kier molecular flexibility index (Phi) is 9.03. The van der Waals surface area contributed by atoms with Crippen LogP contribution in [0.1, 0.15) is 48.2 Å². The molecule has 1 saturated carbocycles. The average Bonchev–Trinajstić information content (AvgIpc) is 3.21. The second-order valence-corrected chi connectivity index (χ2v) is 12.0. The monoisotopic (exact) mass is 619 g/mol. The van der Waals surface area contributed by atoms with E-state index in [9.17, 15) is 31.5 Å². The lowest BCUT2D eigenvalue weighted by molar-refractivity contribution is -0.130. The number of nitrogens with one attached hydrogen (secondary N) is 1. The highest BCUT2D eigenvalue weighted by Crippen LogP contribution is 2.34. The highest BCUT2D eigenvalue weighted by atomic mass is 35.5. The molecule has 1 aliphatic rings. The van der Waals surface area contributed by atoms with Crippen molar-refractivity contribution < 1.29 is 35.7 Å². The minimum atomic E-state index is -4.64. The standard InChI is InChI=1S/C26H26Cl2F3N3O5S/c1-15-23(25(36)32-20-4-2-3-5-22(20)35)33-34(21-11-8-17(27)14-19(21)28)24(15)16-6-9-18(10-7-16)39-40(37,38)13-12-26(29,30)31/h6-11,14,20,22,35H,2-5,12-13H2,1H3,(H,32,36)/t20-,22+/m0/s1. The summed E-state index contributed by atoms with van der Waals surface area (Å²) in [6.45, 7) is 1.68. The number of aliphatic hydroxyl groups is 1. The van der Waals surface area contributed by atoms with Crippen LogP contribution in [-0.2, 0) is 10.1 Å². The Morgan fingerprint density at radius 1 is 1.15 bits per heavy atom. The van der Waals surface area contributed by atoms with Crippen LogP contribution in [0.3, 0.4) is 0 Å². The van der Waals surface area contributed by atoms with E-state index >= 15 is 0 Å². The van der Waals surface area contributed by atoms with Gasteiger partial charge in [-0.05, 0) is 62.2 Å². The number of halogens is 5. The van der Waals surface area contributed by atoms with E-state index in [1.54, 1.807) is 19.1 Å². The normalized spacial score (nSPS) is 18.0. The number of hydrogen-bond acceptors (Lipinski definition) is 6. The Labute approximate surface area is 239 Å². The molecule has 0 spiro atoms. The number of nitrogens with zero attached hydrogens (tertiary/aromatic N) is 2. The molecule has 0 unspecified atom stereocenters. The van der Waals surface area contributed by atoms with Crippen molar-refractivity contribution in [3.63, 3.8) is 0 Å². The summed E-state index contributed by atoms with van der Waals surface area (Å²) in [7, 11) is -4.48. The van der Waals surface area contributed by atoms with Gasteiger partial charge in [-0.3, -0.25) is 4.79 Å². The summed E-state index contributed by atoms with van der Waals surface area (Å²) in [5.41, 5.74) is 1.92. The first kappa shape index (κ1) is 30.2. The Morgan fingerprint density at radius 3 is 2.45 bits per heavy atom. The largest absolute Gasteiger partial charge is 0.391 e. The topological polar surface area (TPSA) is 111 Å². The van der Waals surface area contributed by atoms with Crippen LogP contribution < -0.4 is 9.50 Å². The summed E-state index contributed by atoms with van der Waals surface area (Å²) in [4.78, 5) is 13.3. The number of carbonyl (C=O) groups excluding carboxylic acids is 1. The van der Waals surface area contributed by atoms with Crippen LogP contribution in [0.5, 0.6) is 5.75 Å². The Balaban J connectivity index is 1.69. The molecule has 2 aromatic carbocycles. The van der Waals surface area contributed by atoms with E-state index in [0.29, 0.717) is 40.4 Å². The van der Waals surface area contributed by atoms with E-state index in [4.69, 9.17) is 27.4 Å². The summed E-state index contributed by atoms with van der Waals surface area (Å²) >= 11 is 12.5. The molecule has 0 aliphatic heterocycles. The average molecular weight is 620 g/mol. The van der Waals surface area contributed by atoms with Gasteiger partial charge in [0, 0.05) is 16.1 Å². The van der Waals surface area contributed by atoms with E-state index in [0.717, 1.165) is 12.8 Å². The highest BCUT2D eigenvalue weighted by Gasteiger charge is 2.31. The maximum Gasteiger partial charge on any atom is 0.390 e. The lowest BCUT2D eigenvalue weighted by Gasteiger charge is -2.28. The fourth-order valence-electron chi connectivity index (χ4n) is 4.49. The maximum absolute atomic E-state index is 13.3. The van der Waals surface area contributed by atoms with E-state index in [1.807, 2.05) is 0 Å². The van der Waals surface area contributed by atoms with Crippen molar-refractivity contribution in [3.8, 4) is 22.7 Å². The number of amides is 1. The lowest BCUT2D eigenvalue weighted by atomic mass is 9.92. The van der Waals surface area contributed by atoms with Crippen molar-refractivity contribution in [3.05, 3.63) is 63.8 Å². The molecule has 2 atom stereocenters. The third kappa shape index (κ3) is 7.28. The molecule has 2 N–H and O–H groups in total. The van der Waals surface area contributed by atoms with Gasteiger partial charge in [0.1, 0.15) is 5.75 Å². The molecule has 1 aliphatic carbocycles. The molecular weight excluding hydrogens is 594 g/mol. The Bertz CT molecular complexity index is 1490. The first-order valence-corrected chi connectivity index (χ1v) is 14.7. The maximum atomic E-state index is 13.3. The number of hydrogen-bond donors (Lipinski definition) is 2. The molecule has 1 fully saturated rings. The molecule has 0 bridgehead atoms. The predicted octanol–water partition coefficient (Wildman–Crippen LogP) is 5.85. The van der Waals surface area contributed by atoms with E-state index in [1.165, 1.54) is 35.0 Å². The van der Waals surface area contributed by atoms with Gasteiger partial charge >= 0.3 is 16.3 Å². The molecule has 0 radical (unpaired) electrons. The number of aliphatic hydroxyl groups excluding tert-OH is 1. The van der Waals surface area contributed by atoms with Crippen molar-refractivity contribution in [1.29, 1.82) is 0 Å². The third-order valence-electron chi connectivity index (χ3n) is 6.51. The van der Waals surface area contributed by atoms with Crippen molar-refractivity contribution in [2.45, 2.75) is 57.3 Å². The predicted molar refractivity (Wildman–Crippen MR) is 145 cm³/mol. The summed E-state index contributed by atoms with van der Waals surface area (Å²) in [5.74, 6) is -1.87. The molecule has 3 aromatic rings. The van der Waals surface area contributed by atoms with Gasteiger partial charge in [0.2, 0.25) is 0 Å². The molecule has 1 aromatic heterocycles. The van der Waals surface area contributed by atoms with Crippen LogP contribution in [0.2, 0.25) is 10.0 Å². The molecule has 1 heterocycles. The van der Waals surface area contributed by atoms with Gasteiger partial charge in [0.05, 0.1) is 40.7 Å². The van der Waals surface area contributed by atoms with Crippen LogP contribution >= 0.6 is 23.2 Å². The van der Waals surface area contributed by atoms with Crippen molar-refractivity contribution in [2.24, 2.45) is 0 Å². The Hall–Kier alpha value is -2.80. The quantitative estimate of drug-likeness (QED) is 0.306. The van der Waals surface area contributed by atoms with Gasteiger partial charge in [-0.2, -0.15) is 26.7 Å². The van der Waals surface area contributed by atoms with E-state index < -0.39 is 46.5 Å². The molecule has 8 nitrogen and oxygen atoms in total. The summed E-state index contributed by atoms with van der Waals surface area (Å²) in [5, 5.41) is 18.3. The van der Waals surface area contributed by atoms with Crippen molar-refractivity contribution >= 4 is 39.2 Å². The summed E-state index contributed by atoms with van der Waals surface area (Å²) < 4.78 is 67.7. The van der Waals surface area contributed by atoms with Crippen LogP contribution in [0.4, 0.5) is 13.2 Å². The molecular formula is C26H26Cl2F3N3O5S. The SMILES string of the molecule is Cc1c(C(=O)N[C@H]2CCCC[C@H]2O)nn(-c2ccc(Cl)cc2Cl)c1-c1ccc(OS(=O)(=O)CCC(F)(F)F)cc1. The van der Waals surface area contributed by atoms with Gasteiger partial charge in [-0.1, -0.05) is 36.0 Å². The minimum Gasteiger partial charge on any atom is -0.391 e. The molecule has 14 heteroatoms. The van der Waals surface area contributed by atoms with Gasteiger partial charge < -0.3 is 14.6 Å². The van der Waals surface area contributed by atoms with Gasteiger partial charge in [0.25, 0.3) is 5.91 Å². The first-order valence-electron chi connectivity index (χ1n) is 12.4. The van der Waals surface area contributed by atoms with Gasteiger partial charge in [0.15, 0.2) is 5.69 Å². The van der Waals surface area contributed by atoms with Crippen LogP contribution in [-0.4, -0.2) is 53.3 Å². The zero-order valence-corrected chi connectivity index (χ0v) is 23.5. The van der Waals surface area contributed by atoms with E-state index in [2.05, 4.69) is 10.4 Å². The number of aromatic nitrogens is 2. The minimum absolute atomic E-state index is 0.0915. The third-order valence-corrected chi connectivity index (χ3v) is 8.20. The number of rotatable bonds is 8. The van der Waals surface area contributed by atoms with Crippen LogP contribution in [0.25, 0.3) is 16.9 Å². The molecule has 40 heavy (non-hydrogen) atoms. The fraction of sp³-hybridized carbons (Fsp3) is 0.385.